The minimum atomic E-state index is -4.78. The van der Waals surface area contributed by atoms with E-state index in [0.29, 0.717) is 12.2 Å². The molecule has 3 nitrogen and oxygen atoms in total. The molecule has 0 aromatic heterocycles. The van der Waals surface area contributed by atoms with E-state index in [-0.39, 0.29) is 11.1 Å². The van der Waals surface area contributed by atoms with E-state index >= 15 is 0 Å². The molecule has 0 aliphatic carbocycles. The molecule has 2 unspecified atom stereocenters. The number of hydrogen-bond donors (Lipinski definition) is 1. The third-order valence-corrected chi connectivity index (χ3v) is 3.30. The highest BCUT2D eigenvalue weighted by Crippen LogP contribution is 2.33. The standard InChI is InChI=1S/C13H17ClF3NO2/c1-4-18(8(2)9(3)19)10-5-6-12(11(14)7-10)20-13(15,16)17/h5-9,19H,4H2,1-3H3. The van der Waals surface area contributed by atoms with Gasteiger partial charge in [0.1, 0.15) is 5.75 Å². The molecule has 0 saturated carbocycles. The fraction of sp³-hybridized carbons (Fsp3) is 0.538. The van der Waals surface area contributed by atoms with Crippen molar-refractivity contribution in [3.63, 3.8) is 0 Å². The van der Waals surface area contributed by atoms with E-state index in [1.807, 2.05) is 18.7 Å². The predicted molar refractivity (Wildman–Crippen MR) is 72.3 cm³/mol. The van der Waals surface area contributed by atoms with Crippen molar-refractivity contribution in [2.24, 2.45) is 0 Å². The van der Waals surface area contributed by atoms with Gasteiger partial charge in [-0.3, -0.25) is 0 Å². The van der Waals surface area contributed by atoms with Crippen LogP contribution in [0.4, 0.5) is 18.9 Å². The van der Waals surface area contributed by atoms with Gasteiger partial charge in [0.2, 0.25) is 0 Å². The molecule has 1 rings (SSSR count). The Hall–Kier alpha value is -1.14. The zero-order valence-electron chi connectivity index (χ0n) is 11.4. The van der Waals surface area contributed by atoms with Crippen molar-refractivity contribution in [2.45, 2.75) is 39.3 Å². The van der Waals surface area contributed by atoms with Crippen LogP contribution in [0.5, 0.6) is 5.75 Å². The lowest BCUT2D eigenvalue weighted by atomic mass is 10.1. The number of ether oxygens (including phenoxy) is 1. The number of alkyl halides is 3. The highest BCUT2D eigenvalue weighted by Gasteiger charge is 2.32. The van der Waals surface area contributed by atoms with E-state index in [9.17, 15) is 18.3 Å². The summed E-state index contributed by atoms with van der Waals surface area (Å²) in [4.78, 5) is 1.84. The molecule has 0 radical (unpaired) electrons. The van der Waals surface area contributed by atoms with Crippen molar-refractivity contribution >= 4 is 17.3 Å². The summed E-state index contributed by atoms with van der Waals surface area (Å²) in [5, 5.41) is 9.48. The van der Waals surface area contributed by atoms with Crippen molar-refractivity contribution in [1.29, 1.82) is 0 Å². The fourth-order valence-electron chi connectivity index (χ4n) is 1.84. The lowest BCUT2D eigenvalue weighted by Gasteiger charge is -2.32. The number of benzene rings is 1. The molecule has 0 amide bonds. The van der Waals surface area contributed by atoms with E-state index in [0.717, 1.165) is 0 Å². The van der Waals surface area contributed by atoms with Crippen LogP contribution in [0, 0.1) is 0 Å². The van der Waals surface area contributed by atoms with Crippen molar-refractivity contribution in [1.82, 2.24) is 0 Å². The van der Waals surface area contributed by atoms with Gasteiger partial charge in [0.05, 0.1) is 17.2 Å². The van der Waals surface area contributed by atoms with E-state index in [1.54, 1.807) is 6.92 Å². The van der Waals surface area contributed by atoms with Gasteiger partial charge >= 0.3 is 6.36 Å². The monoisotopic (exact) mass is 311 g/mol. The molecule has 2 atom stereocenters. The normalized spacial score (nSPS) is 14.8. The van der Waals surface area contributed by atoms with Crippen LogP contribution in [0.3, 0.4) is 0 Å². The van der Waals surface area contributed by atoms with Gasteiger partial charge in [-0.1, -0.05) is 11.6 Å². The van der Waals surface area contributed by atoms with E-state index in [4.69, 9.17) is 11.6 Å². The Morgan fingerprint density at radius 1 is 1.35 bits per heavy atom. The van der Waals surface area contributed by atoms with Crippen LogP contribution in [0.1, 0.15) is 20.8 Å². The first-order chi connectivity index (χ1) is 9.15. The van der Waals surface area contributed by atoms with Crippen LogP contribution in [-0.4, -0.2) is 30.2 Å². The van der Waals surface area contributed by atoms with E-state index < -0.39 is 18.2 Å². The van der Waals surface area contributed by atoms with E-state index in [2.05, 4.69) is 4.74 Å². The van der Waals surface area contributed by atoms with Crippen LogP contribution in [0.15, 0.2) is 18.2 Å². The number of hydrogen-bond acceptors (Lipinski definition) is 3. The molecule has 20 heavy (non-hydrogen) atoms. The Labute approximate surface area is 120 Å². The van der Waals surface area contributed by atoms with Crippen LogP contribution in [0.25, 0.3) is 0 Å². The summed E-state index contributed by atoms with van der Waals surface area (Å²) in [6.07, 6.45) is -5.36. The third kappa shape index (κ3) is 4.45. The Morgan fingerprint density at radius 2 is 1.95 bits per heavy atom. The topological polar surface area (TPSA) is 32.7 Å². The van der Waals surface area contributed by atoms with Crippen LogP contribution >= 0.6 is 11.6 Å². The van der Waals surface area contributed by atoms with Gasteiger partial charge in [-0.25, -0.2) is 0 Å². The second kappa shape index (κ2) is 6.54. The van der Waals surface area contributed by atoms with Crippen molar-refractivity contribution in [3.8, 4) is 5.75 Å². The number of likely N-dealkylation sites (N-methyl/N-ethyl adjacent to an activating group) is 1. The number of nitrogens with zero attached hydrogens (tertiary/aromatic N) is 1. The molecular formula is C13H17ClF3NO2. The molecule has 0 fully saturated rings. The summed E-state index contributed by atoms with van der Waals surface area (Å²) in [5.41, 5.74) is 0.625. The molecule has 1 aromatic rings. The summed E-state index contributed by atoms with van der Waals surface area (Å²) in [5.74, 6) is -0.441. The molecule has 0 saturated heterocycles. The summed E-state index contributed by atoms with van der Waals surface area (Å²) >= 11 is 5.81. The molecule has 0 spiro atoms. The predicted octanol–water partition coefficient (Wildman–Crippen LogP) is 3.83. The summed E-state index contributed by atoms with van der Waals surface area (Å²) in [6.45, 7) is 5.94. The molecule has 7 heteroatoms. The lowest BCUT2D eigenvalue weighted by Crippen LogP contribution is -2.40. The summed E-state index contributed by atoms with van der Waals surface area (Å²) in [6, 6.07) is 3.86. The molecular weight excluding hydrogens is 295 g/mol. The quantitative estimate of drug-likeness (QED) is 0.897. The smallest absolute Gasteiger partial charge is 0.404 e. The maximum Gasteiger partial charge on any atom is 0.573 e. The van der Waals surface area contributed by atoms with Crippen LogP contribution in [-0.2, 0) is 0 Å². The fourth-order valence-corrected chi connectivity index (χ4v) is 2.06. The minimum Gasteiger partial charge on any atom is -0.404 e. The molecule has 114 valence electrons. The van der Waals surface area contributed by atoms with Gasteiger partial charge in [-0.2, -0.15) is 0 Å². The van der Waals surface area contributed by atoms with Gasteiger partial charge in [-0.05, 0) is 39.0 Å². The average Bonchev–Trinajstić information content (AvgIpc) is 2.31. The van der Waals surface area contributed by atoms with Gasteiger partial charge in [-0.15, -0.1) is 13.2 Å². The van der Waals surface area contributed by atoms with E-state index in [1.165, 1.54) is 18.2 Å². The second-order valence-corrected chi connectivity index (χ2v) is 4.84. The van der Waals surface area contributed by atoms with Gasteiger partial charge in [0.15, 0.2) is 0 Å². The first kappa shape index (κ1) is 16.9. The number of aliphatic hydroxyl groups excluding tert-OH is 1. The molecule has 0 aliphatic heterocycles. The minimum absolute atomic E-state index is 0.129. The summed E-state index contributed by atoms with van der Waals surface area (Å²) < 4.78 is 40.3. The molecule has 1 aromatic carbocycles. The van der Waals surface area contributed by atoms with Gasteiger partial charge < -0.3 is 14.7 Å². The Kier molecular flexibility index (Phi) is 5.53. The molecule has 0 aliphatic rings. The zero-order chi connectivity index (χ0) is 15.5. The number of aliphatic hydroxyl groups is 1. The molecule has 0 heterocycles. The molecule has 1 N–H and O–H groups in total. The Bertz CT molecular complexity index is 452. The van der Waals surface area contributed by atoms with Crippen molar-refractivity contribution < 1.29 is 23.0 Å². The maximum atomic E-state index is 12.2. The van der Waals surface area contributed by atoms with Crippen molar-refractivity contribution in [3.05, 3.63) is 23.2 Å². The third-order valence-electron chi connectivity index (χ3n) is 3.00. The first-order valence-electron chi connectivity index (χ1n) is 6.15. The Balaban J connectivity index is 3.01. The zero-order valence-corrected chi connectivity index (χ0v) is 12.2. The SMILES string of the molecule is CCN(c1ccc(OC(F)(F)F)c(Cl)c1)C(C)C(C)O. The first-order valence-corrected chi connectivity index (χ1v) is 6.53. The summed E-state index contributed by atoms with van der Waals surface area (Å²) in [7, 11) is 0. The second-order valence-electron chi connectivity index (χ2n) is 4.43. The van der Waals surface area contributed by atoms with Gasteiger partial charge in [0, 0.05) is 12.2 Å². The number of halogens is 4. The van der Waals surface area contributed by atoms with Crippen molar-refractivity contribution in [2.75, 3.05) is 11.4 Å². The molecule has 0 bridgehead atoms. The Morgan fingerprint density at radius 3 is 2.35 bits per heavy atom. The van der Waals surface area contributed by atoms with Crippen LogP contribution in [0.2, 0.25) is 5.02 Å². The largest absolute Gasteiger partial charge is 0.573 e. The average molecular weight is 312 g/mol. The highest BCUT2D eigenvalue weighted by molar-refractivity contribution is 6.32. The number of rotatable bonds is 5. The lowest BCUT2D eigenvalue weighted by molar-refractivity contribution is -0.274. The van der Waals surface area contributed by atoms with Crippen LogP contribution < -0.4 is 9.64 Å². The maximum absolute atomic E-state index is 12.2. The number of anilines is 1. The highest BCUT2D eigenvalue weighted by atomic mass is 35.5. The van der Waals surface area contributed by atoms with Gasteiger partial charge in [0.25, 0.3) is 0 Å².